The van der Waals surface area contributed by atoms with E-state index in [0.717, 1.165) is 31.7 Å². The lowest BCUT2D eigenvalue weighted by Gasteiger charge is -2.37. The van der Waals surface area contributed by atoms with Gasteiger partial charge in [0, 0.05) is 19.1 Å². The average Bonchev–Trinajstić information content (AvgIpc) is 2.58. The second-order valence-electron chi connectivity index (χ2n) is 5.96. The maximum Gasteiger partial charge on any atom is 0.119 e. The second kappa shape index (κ2) is 6.95. The highest BCUT2D eigenvalue weighted by Gasteiger charge is 2.26. The summed E-state index contributed by atoms with van der Waals surface area (Å²) in [6.45, 7) is 2.08. The molecule has 0 aromatic heterocycles. The molecular formula is C19H24N2O. The smallest absolute Gasteiger partial charge is 0.119 e. The molecule has 116 valence electrons. The summed E-state index contributed by atoms with van der Waals surface area (Å²) in [6.07, 6.45) is 2.13. The molecule has 1 saturated heterocycles. The van der Waals surface area contributed by atoms with Crippen molar-refractivity contribution in [1.82, 2.24) is 4.90 Å². The summed E-state index contributed by atoms with van der Waals surface area (Å²) in [6, 6.07) is 19.7. The van der Waals surface area contributed by atoms with Crippen molar-refractivity contribution in [2.24, 2.45) is 5.73 Å². The van der Waals surface area contributed by atoms with E-state index in [1.165, 1.54) is 11.1 Å². The van der Waals surface area contributed by atoms with E-state index < -0.39 is 0 Å². The molecule has 3 rings (SSSR count). The zero-order valence-corrected chi connectivity index (χ0v) is 13.1. The molecule has 2 aromatic carbocycles. The second-order valence-corrected chi connectivity index (χ2v) is 5.96. The van der Waals surface area contributed by atoms with Gasteiger partial charge in [-0.3, -0.25) is 4.90 Å². The quantitative estimate of drug-likeness (QED) is 0.941. The highest BCUT2D eigenvalue weighted by Crippen LogP contribution is 2.32. The van der Waals surface area contributed by atoms with E-state index in [1.54, 1.807) is 7.11 Å². The zero-order valence-electron chi connectivity index (χ0n) is 13.1. The minimum Gasteiger partial charge on any atom is -0.497 e. The van der Waals surface area contributed by atoms with Crippen molar-refractivity contribution in [3.8, 4) is 5.75 Å². The lowest BCUT2D eigenvalue weighted by Crippen LogP contribution is -2.41. The topological polar surface area (TPSA) is 38.5 Å². The highest BCUT2D eigenvalue weighted by atomic mass is 16.5. The van der Waals surface area contributed by atoms with Crippen LogP contribution in [0.25, 0.3) is 0 Å². The Morgan fingerprint density at radius 2 is 1.68 bits per heavy atom. The summed E-state index contributed by atoms with van der Waals surface area (Å²) in [4.78, 5) is 2.54. The summed E-state index contributed by atoms with van der Waals surface area (Å²) in [5.74, 6) is 0.909. The first-order valence-corrected chi connectivity index (χ1v) is 7.96. The van der Waals surface area contributed by atoms with Gasteiger partial charge >= 0.3 is 0 Å². The van der Waals surface area contributed by atoms with E-state index in [1.807, 2.05) is 6.07 Å². The van der Waals surface area contributed by atoms with E-state index >= 15 is 0 Å². The Morgan fingerprint density at radius 1 is 1.00 bits per heavy atom. The van der Waals surface area contributed by atoms with Crippen molar-refractivity contribution in [3.63, 3.8) is 0 Å². The lowest BCUT2D eigenvalue weighted by molar-refractivity contribution is 0.175. The SMILES string of the molecule is COc1cccc(C(c2ccccc2)N2CCC(N)CC2)c1. The minimum absolute atomic E-state index is 0.267. The summed E-state index contributed by atoms with van der Waals surface area (Å²) in [7, 11) is 1.72. The van der Waals surface area contributed by atoms with Crippen LogP contribution < -0.4 is 10.5 Å². The maximum absolute atomic E-state index is 6.07. The Kier molecular flexibility index (Phi) is 4.76. The van der Waals surface area contributed by atoms with Crippen LogP contribution in [-0.4, -0.2) is 31.1 Å². The van der Waals surface area contributed by atoms with Gasteiger partial charge in [0.2, 0.25) is 0 Å². The fourth-order valence-corrected chi connectivity index (χ4v) is 3.24. The van der Waals surface area contributed by atoms with Gasteiger partial charge in [0.15, 0.2) is 0 Å². The molecule has 0 aliphatic carbocycles. The largest absolute Gasteiger partial charge is 0.497 e. The van der Waals surface area contributed by atoms with Crippen LogP contribution >= 0.6 is 0 Å². The first kappa shape index (κ1) is 15.1. The molecule has 1 atom stereocenters. The van der Waals surface area contributed by atoms with Gasteiger partial charge in [-0.25, -0.2) is 0 Å². The predicted octanol–water partition coefficient (Wildman–Crippen LogP) is 3.21. The number of hydrogen-bond donors (Lipinski definition) is 1. The molecule has 0 amide bonds. The molecule has 1 aliphatic rings. The van der Waals surface area contributed by atoms with Crippen LogP contribution in [0.1, 0.15) is 30.0 Å². The third-order valence-electron chi connectivity index (χ3n) is 4.46. The van der Waals surface area contributed by atoms with E-state index in [9.17, 15) is 0 Å². The molecule has 2 N–H and O–H groups in total. The third-order valence-corrected chi connectivity index (χ3v) is 4.46. The minimum atomic E-state index is 0.267. The number of rotatable bonds is 4. The van der Waals surface area contributed by atoms with Gasteiger partial charge in [-0.05, 0) is 36.1 Å². The van der Waals surface area contributed by atoms with Crippen LogP contribution in [0, 0.1) is 0 Å². The van der Waals surface area contributed by atoms with Crippen molar-refractivity contribution < 1.29 is 4.74 Å². The van der Waals surface area contributed by atoms with E-state index in [4.69, 9.17) is 10.5 Å². The summed E-state index contributed by atoms with van der Waals surface area (Å²) in [5.41, 5.74) is 8.68. The van der Waals surface area contributed by atoms with Crippen LogP contribution in [0.3, 0.4) is 0 Å². The monoisotopic (exact) mass is 296 g/mol. The highest BCUT2D eigenvalue weighted by molar-refractivity contribution is 5.37. The van der Waals surface area contributed by atoms with Crippen molar-refractivity contribution in [2.75, 3.05) is 20.2 Å². The molecule has 3 heteroatoms. The van der Waals surface area contributed by atoms with Gasteiger partial charge < -0.3 is 10.5 Å². The fourth-order valence-electron chi connectivity index (χ4n) is 3.24. The van der Waals surface area contributed by atoms with Crippen LogP contribution in [0.4, 0.5) is 0 Å². The standard InChI is InChI=1S/C19H24N2O/c1-22-18-9-5-8-16(14-18)19(15-6-3-2-4-7-15)21-12-10-17(20)11-13-21/h2-9,14,17,19H,10-13,20H2,1H3. The van der Waals surface area contributed by atoms with Gasteiger partial charge in [0.1, 0.15) is 5.75 Å². The number of nitrogens with two attached hydrogens (primary N) is 1. The fraction of sp³-hybridized carbons (Fsp3) is 0.368. The molecule has 0 saturated carbocycles. The summed E-state index contributed by atoms with van der Waals surface area (Å²) in [5, 5.41) is 0. The van der Waals surface area contributed by atoms with Gasteiger partial charge in [-0.15, -0.1) is 0 Å². The van der Waals surface area contributed by atoms with E-state index in [-0.39, 0.29) is 6.04 Å². The van der Waals surface area contributed by atoms with Gasteiger partial charge in [-0.2, -0.15) is 0 Å². The number of nitrogens with zero attached hydrogens (tertiary/aromatic N) is 1. The number of ether oxygens (including phenoxy) is 1. The number of benzene rings is 2. The number of likely N-dealkylation sites (tertiary alicyclic amines) is 1. The molecule has 22 heavy (non-hydrogen) atoms. The van der Waals surface area contributed by atoms with Crippen molar-refractivity contribution in [1.29, 1.82) is 0 Å². The Balaban J connectivity index is 1.95. The van der Waals surface area contributed by atoms with Crippen molar-refractivity contribution in [3.05, 3.63) is 65.7 Å². The molecule has 3 nitrogen and oxygen atoms in total. The number of methoxy groups -OCH3 is 1. The Hall–Kier alpha value is -1.84. The van der Waals surface area contributed by atoms with Crippen LogP contribution in [0.5, 0.6) is 5.75 Å². The van der Waals surface area contributed by atoms with Gasteiger partial charge in [-0.1, -0.05) is 42.5 Å². The summed E-state index contributed by atoms with van der Waals surface area (Å²) >= 11 is 0. The van der Waals surface area contributed by atoms with Gasteiger partial charge in [0.05, 0.1) is 13.2 Å². The first-order chi connectivity index (χ1) is 10.8. The summed E-state index contributed by atoms with van der Waals surface area (Å²) < 4.78 is 5.41. The maximum atomic E-state index is 6.07. The molecule has 2 aromatic rings. The first-order valence-electron chi connectivity index (χ1n) is 7.96. The molecule has 1 fully saturated rings. The molecule has 0 spiro atoms. The molecule has 1 heterocycles. The molecule has 0 radical (unpaired) electrons. The third kappa shape index (κ3) is 3.32. The molecular weight excluding hydrogens is 272 g/mol. The average molecular weight is 296 g/mol. The van der Waals surface area contributed by atoms with Crippen LogP contribution in [0.15, 0.2) is 54.6 Å². The number of hydrogen-bond acceptors (Lipinski definition) is 3. The predicted molar refractivity (Wildman–Crippen MR) is 90.1 cm³/mol. The van der Waals surface area contributed by atoms with Crippen molar-refractivity contribution in [2.45, 2.75) is 24.9 Å². The van der Waals surface area contributed by atoms with E-state index in [0.29, 0.717) is 6.04 Å². The molecule has 1 aliphatic heterocycles. The number of piperidine rings is 1. The Labute approximate surface area is 132 Å². The normalized spacial score (nSPS) is 18.1. The van der Waals surface area contributed by atoms with Gasteiger partial charge in [0.25, 0.3) is 0 Å². The molecule has 1 unspecified atom stereocenters. The Bertz CT molecular complexity index is 591. The molecule has 0 bridgehead atoms. The Morgan fingerprint density at radius 3 is 2.36 bits per heavy atom. The zero-order chi connectivity index (χ0) is 15.4. The van der Waals surface area contributed by atoms with E-state index in [2.05, 4.69) is 53.4 Å². The van der Waals surface area contributed by atoms with Crippen LogP contribution in [-0.2, 0) is 0 Å². The van der Waals surface area contributed by atoms with Crippen LogP contribution in [0.2, 0.25) is 0 Å². The van der Waals surface area contributed by atoms with Crippen molar-refractivity contribution >= 4 is 0 Å². The lowest BCUT2D eigenvalue weighted by atomic mass is 9.94.